The van der Waals surface area contributed by atoms with E-state index < -0.39 is 0 Å². The van der Waals surface area contributed by atoms with E-state index in [1.54, 1.807) is 6.41 Å². The molecule has 1 N–H and O–H groups in total. The van der Waals surface area contributed by atoms with Gasteiger partial charge in [-0.3, -0.25) is 4.79 Å². The Bertz CT molecular complexity index is 273. The molecule has 0 bridgehead atoms. The predicted octanol–water partition coefficient (Wildman–Crippen LogP) is 1.24. The topological polar surface area (TPSA) is 38.3 Å². The summed E-state index contributed by atoms with van der Waals surface area (Å²) in [6.07, 6.45) is 1.63. The zero-order valence-electron chi connectivity index (χ0n) is 7.54. The van der Waals surface area contributed by atoms with Crippen molar-refractivity contribution in [1.29, 1.82) is 0 Å². The van der Waals surface area contributed by atoms with E-state index in [4.69, 9.17) is 4.74 Å². The van der Waals surface area contributed by atoms with Crippen LogP contribution in [0.25, 0.3) is 0 Å². The van der Waals surface area contributed by atoms with Crippen molar-refractivity contribution in [3.05, 3.63) is 29.8 Å². The average Bonchev–Trinajstić information content (AvgIpc) is 2.16. The standard InChI is InChI=1S/C10H12NO2/c1-2-13-10-5-3-4-9(6-10)7-11-8-12/h3-6H,2,7H2,1H3,(H,11,12). The quantitative estimate of drug-likeness (QED) is 0.689. The maximum absolute atomic E-state index is 9.92. The molecular weight excluding hydrogens is 166 g/mol. The summed E-state index contributed by atoms with van der Waals surface area (Å²) < 4.78 is 5.30. The normalized spacial score (nSPS) is 9.31. The number of ether oxygens (including phenoxy) is 1. The van der Waals surface area contributed by atoms with Crippen LogP contribution >= 0.6 is 0 Å². The maximum atomic E-state index is 9.92. The van der Waals surface area contributed by atoms with Crippen LogP contribution in [0.1, 0.15) is 12.5 Å². The van der Waals surface area contributed by atoms with Crippen LogP contribution < -0.4 is 10.1 Å². The third-order valence-corrected chi connectivity index (χ3v) is 1.57. The first-order valence-corrected chi connectivity index (χ1v) is 4.18. The van der Waals surface area contributed by atoms with Crippen molar-refractivity contribution in [2.75, 3.05) is 6.61 Å². The Morgan fingerprint density at radius 2 is 2.38 bits per heavy atom. The summed E-state index contributed by atoms with van der Waals surface area (Å²) >= 11 is 0. The van der Waals surface area contributed by atoms with Gasteiger partial charge in [0.05, 0.1) is 6.61 Å². The summed E-state index contributed by atoms with van der Waals surface area (Å²) in [4.78, 5) is 9.92. The number of carbonyl (C=O) groups excluding carboxylic acids is 1. The lowest BCUT2D eigenvalue weighted by molar-refractivity contribution is 0.340. The van der Waals surface area contributed by atoms with Gasteiger partial charge in [0.1, 0.15) is 5.75 Å². The van der Waals surface area contributed by atoms with Gasteiger partial charge in [0, 0.05) is 6.54 Å². The van der Waals surface area contributed by atoms with E-state index in [1.807, 2.05) is 31.2 Å². The van der Waals surface area contributed by atoms with Crippen molar-refractivity contribution >= 4 is 6.41 Å². The number of hydrogen-bond donors (Lipinski definition) is 1. The van der Waals surface area contributed by atoms with Crippen LogP contribution in [-0.2, 0) is 11.3 Å². The van der Waals surface area contributed by atoms with E-state index in [0.29, 0.717) is 13.2 Å². The number of hydrogen-bond acceptors (Lipinski definition) is 2. The van der Waals surface area contributed by atoms with E-state index >= 15 is 0 Å². The molecule has 0 fully saturated rings. The Hall–Kier alpha value is -1.51. The van der Waals surface area contributed by atoms with E-state index in [9.17, 15) is 4.79 Å². The highest BCUT2D eigenvalue weighted by Gasteiger charge is 1.94. The molecule has 69 valence electrons. The summed E-state index contributed by atoms with van der Waals surface area (Å²) in [5.41, 5.74) is 1.01. The maximum Gasteiger partial charge on any atom is 0.309 e. The van der Waals surface area contributed by atoms with Crippen molar-refractivity contribution < 1.29 is 9.53 Å². The van der Waals surface area contributed by atoms with E-state index in [-0.39, 0.29) is 0 Å². The number of rotatable bonds is 5. The third-order valence-electron chi connectivity index (χ3n) is 1.57. The number of benzene rings is 1. The molecule has 0 aromatic heterocycles. The monoisotopic (exact) mass is 178 g/mol. The van der Waals surface area contributed by atoms with Crippen molar-refractivity contribution in [1.82, 2.24) is 5.32 Å². The van der Waals surface area contributed by atoms with E-state index in [0.717, 1.165) is 11.3 Å². The molecule has 3 nitrogen and oxygen atoms in total. The predicted molar refractivity (Wildman–Crippen MR) is 50.1 cm³/mol. The van der Waals surface area contributed by atoms with Crippen LogP contribution in [-0.4, -0.2) is 13.0 Å². The summed E-state index contributed by atoms with van der Waals surface area (Å²) in [6.45, 7) is 3.07. The van der Waals surface area contributed by atoms with Gasteiger partial charge in [-0.05, 0) is 24.6 Å². The van der Waals surface area contributed by atoms with E-state index in [1.165, 1.54) is 0 Å². The van der Waals surface area contributed by atoms with Gasteiger partial charge in [0.15, 0.2) is 0 Å². The van der Waals surface area contributed by atoms with Gasteiger partial charge in [-0.25, -0.2) is 0 Å². The molecule has 0 aliphatic carbocycles. The fraction of sp³-hybridized carbons (Fsp3) is 0.300. The highest BCUT2D eigenvalue weighted by atomic mass is 16.5. The van der Waals surface area contributed by atoms with Gasteiger partial charge in [0.2, 0.25) is 0 Å². The Kier molecular flexibility index (Phi) is 3.82. The molecule has 1 radical (unpaired) electrons. The highest BCUT2D eigenvalue weighted by molar-refractivity contribution is 5.47. The average molecular weight is 178 g/mol. The third kappa shape index (κ3) is 3.15. The van der Waals surface area contributed by atoms with Gasteiger partial charge < -0.3 is 10.1 Å². The Labute approximate surface area is 77.7 Å². The zero-order chi connectivity index (χ0) is 9.52. The minimum Gasteiger partial charge on any atom is -0.494 e. The van der Waals surface area contributed by atoms with Gasteiger partial charge in [-0.15, -0.1) is 0 Å². The molecule has 3 heteroatoms. The molecular formula is C10H12NO2. The van der Waals surface area contributed by atoms with Crippen LogP contribution in [0.2, 0.25) is 0 Å². The van der Waals surface area contributed by atoms with Gasteiger partial charge in [-0.2, -0.15) is 0 Å². The minimum absolute atomic E-state index is 0.490. The van der Waals surface area contributed by atoms with Crippen molar-refractivity contribution in [2.24, 2.45) is 0 Å². The second-order valence-electron chi connectivity index (χ2n) is 2.54. The molecule has 0 heterocycles. The largest absolute Gasteiger partial charge is 0.494 e. The molecule has 0 atom stereocenters. The lowest BCUT2D eigenvalue weighted by Gasteiger charge is -2.04. The van der Waals surface area contributed by atoms with Crippen LogP contribution in [0.5, 0.6) is 5.75 Å². The van der Waals surface area contributed by atoms with Crippen molar-refractivity contribution in [3.63, 3.8) is 0 Å². The second-order valence-corrected chi connectivity index (χ2v) is 2.54. The summed E-state index contributed by atoms with van der Waals surface area (Å²) in [7, 11) is 0. The lowest BCUT2D eigenvalue weighted by Crippen LogP contribution is -2.09. The fourth-order valence-corrected chi connectivity index (χ4v) is 1.05. The fourth-order valence-electron chi connectivity index (χ4n) is 1.05. The molecule has 0 saturated carbocycles. The van der Waals surface area contributed by atoms with Crippen molar-refractivity contribution in [3.8, 4) is 5.75 Å². The summed E-state index contributed by atoms with van der Waals surface area (Å²) in [6, 6.07) is 7.60. The SMILES string of the molecule is CCOc1cccc(CN[C]=O)c1. The first-order chi connectivity index (χ1) is 6.36. The number of amides is 1. The zero-order valence-corrected chi connectivity index (χ0v) is 7.54. The lowest BCUT2D eigenvalue weighted by atomic mass is 10.2. The van der Waals surface area contributed by atoms with E-state index in [2.05, 4.69) is 5.32 Å². The molecule has 1 amide bonds. The molecule has 0 saturated heterocycles. The summed E-state index contributed by atoms with van der Waals surface area (Å²) in [5, 5.41) is 2.47. The van der Waals surface area contributed by atoms with Gasteiger partial charge in [-0.1, -0.05) is 12.1 Å². The minimum atomic E-state index is 0.490. The molecule has 0 aliphatic heterocycles. The van der Waals surface area contributed by atoms with Crippen LogP contribution in [0.4, 0.5) is 0 Å². The molecule has 0 unspecified atom stereocenters. The molecule has 0 aliphatic rings. The Balaban J connectivity index is 2.61. The molecule has 13 heavy (non-hydrogen) atoms. The van der Waals surface area contributed by atoms with Crippen LogP contribution in [0.15, 0.2) is 24.3 Å². The van der Waals surface area contributed by atoms with Gasteiger partial charge in [0.25, 0.3) is 0 Å². The molecule has 1 aromatic rings. The Morgan fingerprint density at radius 1 is 1.54 bits per heavy atom. The van der Waals surface area contributed by atoms with Crippen LogP contribution in [0, 0.1) is 0 Å². The second kappa shape index (κ2) is 5.19. The van der Waals surface area contributed by atoms with Crippen LogP contribution in [0.3, 0.4) is 0 Å². The number of nitrogens with one attached hydrogen (secondary N) is 1. The first-order valence-electron chi connectivity index (χ1n) is 4.18. The Morgan fingerprint density at radius 3 is 3.08 bits per heavy atom. The molecule has 0 spiro atoms. The highest BCUT2D eigenvalue weighted by Crippen LogP contribution is 2.12. The van der Waals surface area contributed by atoms with Gasteiger partial charge >= 0.3 is 6.41 Å². The first kappa shape index (κ1) is 9.58. The summed E-state index contributed by atoms with van der Waals surface area (Å²) in [5.74, 6) is 0.827. The molecule has 1 aromatic carbocycles. The smallest absolute Gasteiger partial charge is 0.309 e. The van der Waals surface area contributed by atoms with Crippen molar-refractivity contribution in [2.45, 2.75) is 13.5 Å². The molecule has 1 rings (SSSR count).